The smallest absolute Gasteiger partial charge is 0.335 e. The van der Waals surface area contributed by atoms with Crippen molar-refractivity contribution < 1.29 is 18.3 Å². The average Bonchev–Trinajstić information content (AvgIpc) is 2.38. The van der Waals surface area contributed by atoms with Crippen LogP contribution >= 0.6 is 11.8 Å². The number of thioether (sulfide) groups is 1. The second-order valence-corrected chi connectivity index (χ2v) is 7.61. The first-order chi connectivity index (χ1) is 9.34. The number of benzene rings is 1. The Balaban J connectivity index is 2.41. The predicted octanol–water partition coefficient (Wildman–Crippen LogP) is 1.09. The van der Waals surface area contributed by atoms with Gasteiger partial charge in [0.15, 0.2) is 0 Å². The number of anilines is 1. The van der Waals surface area contributed by atoms with Crippen LogP contribution in [0.1, 0.15) is 17.3 Å². The van der Waals surface area contributed by atoms with Crippen molar-refractivity contribution in [1.82, 2.24) is 4.31 Å². The number of carboxylic acid groups (broad SMARTS) is 1. The highest BCUT2D eigenvalue weighted by molar-refractivity contribution is 7.99. The summed E-state index contributed by atoms with van der Waals surface area (Å²) in [5.41, 5.74) is 5.67. The van der Waals surface area contributed by atoms with E-state index >= 15 is 0 Å². The molecule has 0 bridgehead atoms. The molecule has 1 fully saturated rings. The highest BCUT2D eigenvalue weighted by Gasteiger charge is 2.32. The molecule has 0 spiro atoms. The lowest BCUT2D eigenvalue weighted by Gasteiger charge is -2.32. The first kappa shape index (κ1) is 15.1. The number of aromatic carboxylic acids is 1. The molecule has 20 heavy (non-hydrogen) atoms. The number of sulfonamides is 1. The Morgan fingerprint density at radius 2 is 2.20 bits per heavy atom. The van der Waals surface area contributed by atoms with E-state index in [4.69, 9.17) is 10.8 Å². The number of hydrogen-bond acceptors (Lipinski definition) is 5. The normalized spacial score (nSPS) is 20.8. The summed E-state index contributed by atoms with van der Waals surface area (Å²) in [5.74, 6) is 0.353. The van der Waals surface area contributed by atoms with Crippen molar-refractivity contribution in [2.45, 2.75) is 17.9 Å². The van der Waals surface area contributed by atoms with Crippen LogP contribution < -0.4 is 5.73 Å². The fourth-order valence-corrected chi connectivity index (χ4v) is 5.06. The Morgan fingerprint density at radius 3 is 2.75 bits per heavy atom. The van der Waals surface area contributed by atoms with Crippen molar-refractivity contribution in [2.24, 2.45) is 0 Å². The molecule has 0 aliphatic carbocycles. The van der Waals surface area contributed by atoms with Crippen molar-refractivity contribution in [3.63, 3.8) is 0 Å². The zero-order chi connectivity index (χ0) is 14.9. The Morgan fingerprint density at radius 1 is 1.50 bits per heavy atom. The monoisotopic (exact) mass is 316 g/mol. The van der Waals surface area contributed by atoms with Gasteiger partial charge >= 0.3 is 5.97 Å². The van der Waals surface area contributed by atoms with E-state index in [1.165, 1.54) is 22.5 Å². The molecule has 3 N–H and O–H groups in total. The van der Waals surface area contributed by atoms with Crippen molar-refractivity contribution in [2.75, 3.05) is 23.8 Å². The molecule has 0 amide bonds. The Hall–Kier alpha value is -1.25. The highest BCUT2D eigenvalue weighted by Crippen LogP contribution is 2.28. The molecule has 1 aromatic rings. The third kappa shape index (κ3) is 2.77. The summed E-state index contributed by atoms with van der Waals surface area (Å²) in [5, 5.41) is 8.88. The maximum absolute atomic E-state index is 12.6. The van der Waals surface area contributed by atoms with Crippen molar-refractivity contribution in [1.29, 1.82) is 0 Å². The molecule has 1 unspecified atom stereocenters. The van der Waals surface area contributed by atoms with Crippen LogP contribution in [-0.2, 0) is 10.0 Å². The minimum atomic E-state index is -3.68. The Labute approximate surface area is 122 Å². The van der Waals surface area contributed by atoms with E-state index in [9.17, 15) is 13.2 Å². The van der Waals surface area contributed by atoms with E-state index in [-0.39, 0.29) is 22.2 Å². The largest absolute Gasteiger partial charge is 0.478 e. The number of rotatable bonds is 3. The van der Waals surface area contributed by atoms with Gasteiger partial charge in [-0.25, -0.2) is 13.2 Å². The summed E-state index contributed by atoms with van der Waals surface area (Å²) in [6.45, 7) is 2.29. The maximum Gasteiger partial charge on any atom is 0.335 e. The van der Waals surface area contributed by atoms with Gasteiger partial charge in [0, 0.05) is 24.1 Å². The molecule has 0 radical (unpaired) electrons. The molecule has 1 atom stereocenters. The van der Waals surface area contributed by atoms with Crippen LogP contribution in [0.2, 0.25) is 0 Å². The number of carbonyl (C=O) groups is 1. The molecule has 0 aromatic heterocycles. The van der Waals surface area contributed by atoms with E-state index in [0.29, 0.717) is 6.54 Å². The first-order valence-corrected chi connectivity index (χ1v) is 8.66. The van der Waals surface area contributed by atoms with E-state index < -0.39 is 16.0 Å². The fraction of sp³-hybridized carbons (Fsp3) is 0.417. The Bertz CT molecular complexity index is 630. The van der Waals surface area contributed by atoms with Gasteiger partial charge in [0.1, 0.15) is 4.90 Å². The average molecular weight is 316 g/mol. The minimum Gasteiger partial charge on any atom is -0.478 e. The second-order valence-electron chi connectivity index (χ2n) is 4.60. The summed E-state index contributed by atoms with van der Waals surface area (Å²) >= 11 is 1.71. The van der Waals surface area contributed by atoms with E-state index in [0.717, 1.165) is 11.5 Å². The number of nitrogens with zero attached hydrogens (tertiary/aromatic N) is 1. The van der Waals surface area contributed by atoms with Gasteiger partial charge in [0.2, 0.25) is 10.0 Å². The summed E-state index contributed by atoms with van der Waals surface area (Å²) in [7, 11) is -3.68. The van der Waals surface area contributed by atoms with Gasteiger partial charge < -0.3 is 10.8 Å². The highest BCUT2D eigenvalue weighted by atomic mass is 32.2. The molecule has 1 aliphatic heterocycles. The summed E-state index contributed by atoms with van der Waals surface area (Å²) < 4.78 is 26.6. The van der Waals surface area contributed by atoms with Crippen LogP contribution in [0.4, 0.5) is 5.69 Å². The van der Waals surface area contributed by atoms with Gasteiger partial charge in [0.05, 0.1) is 11.3 Å². The summed E-state index contributed by atoms with van der Waals surface area (Å²) in [6, 6.07) is 3.60. The van der Waals surface area contributed by atoms with Crippen LogP contribution in [0.15, 0.2) is 23.1 Å². The van der Waals surface area contributed by atoms with Crippen molar-refractivity contribution >= 4 is 33.4 Å². The molecule has 1 aliphatic rings. The molecule has 110 valence electrons. The second kappa shape index (κ2) is 5.63. The lowest BCUT2D eigenvalue weighted by Crippen LogP contribution is -2.44. The molecular weight excluding hydrogens is 300 g/mol. The van der Waals surface area contributed by atoms with Crippen LogP contribution in [-0.4, -0.2) is 47.9 Å². The molecule has 2 rings (SSSR count). The zero-order valence-corrected chi connectivity index (χ0v) is 12.6. The van der Waals surface area contributed by atoms with Gasteiger partial charge in [-0.2, -0.15) is 16.1 Å². The quantitative estimate of drug-likeness (QED) is 0.810. The molecule has 1 saturated heterocycles. The summed E-state index contributed by atoms with van der Waals surface area (Å²) in [6.07, 6.45) is 0. The maximum atomic E-state index is 12.6. The van der Waals surface area contributed by atoms with Gasteiger partial charge in [0.25, 0.3) is 0 Å². The number of hydrogen-bond donors (Lipinski definition) is 2. The molecule has 8 heteroatoms. The van der Waals surface area contributed by atoms with Crippen LogP contribution in [0.5, 0.6) is 0 Å². The van der Waals surface area contributed by atoms with Crippen LogP contribution in [0, 0.1) is 0 Å². The number of carboxylic acids is 1. The van der Waals surface area contributed by atoms with Gasteiger partial charge in [-0.15, -0.1) is 0 Å². The minimum absolute atomic E-state index is 0.0244. The van der Waals surface area contributed by atoms with E-state index in [2.05, 4.69) is 0 Å². The molecule has 1 heterocycles. The van der Waals surface area contributed by atoms with E-state index in [1.807, 2.05) is 6.92 Å². The summed E-state index contributed by atoms with van der Waals surface area (Å²) in [4.78, 5) is 10.8. The van der Waals surface area contributed by atoms with Crippen LogP contribution in [0.3, 0.4) is 0 Å². The number of nitrogens with two attached hydrogens (primary N) is 1. The van der Waals surface area contributed by atoms with Gasteiger partial charge in [-0.05, 0) is 25.1 Å². The third-order valence-corrected chi connectivity index (χ3v) is 6.43. The lowest BCUT2D eigenvalue weighted by atomic mass is 10.2. The zero-order valence-electron chi connectivity index (χ0n) is 10.9. The molecule has 0 saturated carbocycles. The fourth-order valence-electron chi connectivity index (χ4n) is 2.11. The third-order valence-electron chi connectivity index (χ3n) is 3.15. The van der Waals surface area contributed by atoms with Crippen molar-refractivity contribution in [3.8, 4) is 0 Å². The van der Waals surface area contributed by atoms with Gasteiger partial charge in [-0.1, -0.05) is 0 Å². The standard InChI is InChI=1S/C12H16N2O4S2/c1-8-7-19-5-4-14(8)20(17,18)11-3-2-9(12(15)16)6-10(11)13/h2-3,6,8H,4-5,7,13H2,1H3,(H,15,16). The van der Waals surface area contributed by atoms with Crippen LogP contribution in [0.25, 0.3) is 0 Å². The molecule has 6 nitrogen and oxygen atoms in total. The lowest BCUT2D eigenvalue weighted by molar-refractivity contribution is 0.0697. The van der Waals surface area contributed by atoms with Gasteiger partial charge in [-0.3, -0.25) is 0 Å². The molecule has 1 aromatic carbocycles. The first-order valence-electron chi connectivity index (χ1n) is 6.06. The van der Waals surface area contributed by atoms with Crippen molar-refractivity contribution in [3.05, 3.63) is 23.8 Å². The SMILES string of the molecule is CC1CSCCN1S(=O)(=O)c1ccc(C(=O)O)cc1N. The molecular formula is C12H16N2O4S2. The predicted molar refractivity (Wildman–Crippen MR) is 78.5 cm³/mol. The number of nitrogen functional groups attached to an aromatic ring is 1. The van der Waals surface area contributed by atoms with E-state index in [1.54, 1.807) is 11.8 Å². The topological polar surface area (TPSA) is 101 Å². The Kier molecular flexibility index (Phi) is 4.26.